The standard InChI is InChI=1S/C14H19NO/c1-16-13-6-2-5-12-11(13)4-3-7-14(12)8-9-15-10-14/h2,5-6,15H,3-4,7-10H2,1H3/t14-/m0/s1. The number of nitrogens with one attached hydrogen (secondary N) is 1. The van der Waals surface area contributed by atoms with Gasteiger partial charge in [-0.05, 0) is 49.4 Å². The summed E-state index contributed by atoms with van der Waals surface area (Å²) in [6.07, 6.45) is 5.10. The Balaban J connectivity index is 2.11. The van der Waals surface area contributed by atoms with Gasteiger partial charge in [-0.1, -0.05) is 12.1 Å². The zero-order chi connectivity index (χ0) is 11.0. The number of ether oxygens (including phenoxy) is 1. The van der Waals surface area contributed by atoms with Crippen LogP contribution in [0.3, 0.4) is 0 Å². The quantitative estimate of drug-likeness (QED) is 0.779. The Morgan fingerprint density at radius 2 is 2.25 bits per heavy atom. The van der Waals surface area contributed by atoms with Gasteiger partial charge >= 0.3 is 0 Å². The lowest BCUT2D eigenvalue weighted by Crippen LogP contribution is -2.33. The highest BCUT2D eigenvalue weighted by molar-refractivity contribution is 5.46. The van der Waals surface area contributed by atoms with E-state index in [1.165, 1.54) is 31.2 Å². The second-order valence-electron chi connectivity index (χ2n) is 5.05. The van der Waals surface area contributed by atoms with Crippen molar-refractivity contribution in [2.75, 3.05) is 20.2 Å². The molecule has 1 heterocycles. The number of benzene rings is 1. The molecule has 0 saturated carbocycles. The van der Waals surface area contributed by atoms with Gasteiger partial charge in [0.2, 0.25) is 0 Å². The van der Waals surface area contributed by atoms with Crippen LogP contribution in [0.2, 0.25) is 0 Å². The summed E-state index contributed by atoms with van der Waals surface area (Å²) in [5.74, 6) is 1.09. The second-order valence-corrected chi connectivity index (χ2v) is 5.05. The molecule has 1 aliphatic heterocycles. The van der Waals surface area contributed by atoms with Crippen molar-refractivity contribution in [2.45, 2.75) is 31.1 Å². The summed E-state index contributed by atoms with van der Waals surface area (Å²) in [5.41, 5.74) is 3.41. The van der Waals surface area contributed by atoms with E-state index in [1.807, 2.05) is 0 Å². The van der Waals surface area contributed by atoms with Crippen LogP contribution >= 0.6 is 0 Å². The number of fused-ring (bicyclic) bond motifs is 2. The zero-order valence-corrected chi connectivity index (χ0v) is 9.88. The van der Waals surface area contributed by atoms with Crippen molar-refractivity contribution in [1.29, 1.82) is 0 Å². The lowest BCUT2D eigenvalue weighted by molar-refractivity contribution is 0.369. The van der Waals surface area contributed by atoms with Crippen LogP contribution in [0, 0.1) is 0 Å². The van der Waals surface area contributed by atoms with Crippen LogP contribution in [-0.2, 0) is 11.8 Å². The summed E-state index contributed by atoms with van der Waals surface area (Å²) in [7, 11) is 1.78. The minimum Gasteiger partial charge on any atom is -0.496 e. The molecule has 3 rings (SSSR count). The predicted molar refractivity (Wildman–Crippen MR) is 65.1 cm³/mol. The highest BCUT2D eigenvalue weighted by Gasteiger charge is 2.39. The Morgan fingerprint density at radius 3 is 3.00 bits per heavy atom. The van der Waals surface area contributed by atoms with Gasteiger partial charge in [0.15, 0.2) is 0 Å². The van der Waals surface area contributed by atoms with Crippen molar-refractivity contribution >= 4 is 0 Å². The van der Waals surface area contributed by atoms with E-state index in [4.69, 9.17) is 4.74 Å². The minimum atomic E-state index is 0.405. The van der Waals surface area contributed by atoms with Gasteiger partial charge in [-0.15, -0.1) is 0 Å². The van der Waals surface area contributed by atoms with Crippen LogP contribution in [0.4, 0.5) is 0 Å². The normalized spacial score (nSPS) is 28.1. The maximum absolute atomic E-state index is 5.49. The first-order chi connectivity index (χ1) is 7.86. The van der Waals surface area contributed by atoms with Crippen molar-refractivity contribution in [3.8, 4) is 5.75 Å². The number of rotatable bonds is 1. The monoisotopic (exact) mass is 217 g/mol. The van der Waals surface area contributed by atoms with Crippen LogP contribution in [0.25, 0.3) is 0 Å². The Hall–Kier alpha value is -1.02. The SMILES string of the molecule is COc1cccc2c1CCC[C@@]21CCNC1. The molecule has 1 aromatic carbocycles. The maximum Gasteiger partial charge on any atom is 0.122 e. The molecule has 1 fully saturated rings. The fourth-order valence-corrected chi connectivity index (χ4v) is 3.44. The zero-order valence-electron chi connectivity index (χ0n) is 9.88. The first kappa shape index (κ1) is 10.2. The van der Waals surface area contributed by atoms with Crippen LogP contribution < -0.4 is 10.1 Å². The molecule has 0 bridgehead atoms. The Labute approximate surface area is 97.0 Å². The second kappa shape index (κ2) is 3.77. The first-order valence-corrected chi connectivity index (χ1v) is 6.23. The smallest absolute Gasteiger partial charge is 0.122 e. The fraction of sp³-hybridized carbons (Fsp3) is 0.571. The average molecular weight is 217 g/mol. The number of methoxy groups -OCH3 is 1. The molecular weight excluding hydrogens is 198 g/mol. The van der Waals surface area contributed by atoms with E-state index < -0.39 is 0 Å². The third-order valence-corrected chi connectivity index (χ3v) is 4.25. The average Bonchev–Trinajstić information content (AvgIpc) is 2.78. The molecular formula is C14H19NO. The highest BCUT2D eigenvalue weighted by Crippen LogP contribution is 2.44. The molecule has 1 saturated heterocycles. The number of hydrogen-bond donors (Lipinski definition) is 1. The van der Waals surface area contributed by atoms with Crippen LogP contribution in [0.5, 0.6) is 5.75 Å². The summed E-state index contributed by atoms with van der Waals surface area (Å²) in [5, 5.41) is 3.52. The van der Waals surface area contributed by atoms with E-state index in [0.29, 0.717) is 5.41 Å². The van der Waals surface area contributed by atoms with Crippen molar-refractivity contribution in [3.05, 3.63) is 29.3 Å². The van der Waals surface area contributed by atoms with Crippen molar-refractivity contribution in [3.63, 3.8) is 0 Å². The largest absolute Gasteiger partial charge is 0.496 e. The maximum atomic E-state index is 5.49. The van der Waals surface area contributed by atoms with Gasteiger partial charge in [0.25, 0.3) is 0 Å². The fourth-order valence-electron chi connectivity index (χ4n) is 3.44. The molecule has 2 nitrogen and oxygen atoms in total. The van der Waals surface area contributed by atoms with Crippen LogP contribution in [0.15, 0.2) is 18.2 Å². The van der Waals surface area contributed by atoms with Crippen molar-refractivity contribution in [1.82, 2.24) is 5.32 Å². The molecule has 2 aliphatic rings. The van der Waals surface area contributed by atoms with E-state index in [2.05, 4.69) is 23.5 Å². The molecule has 1 aromatic rings. The summed E-state index contributed by atoms with van der Waals surface area (Å²) < 4.78 is 5.49. The van der Waals surface area contributed by atoms with Gasteiger partial charge in [0, 0.05) is 12.0 Å². The molecule has 0 unspecified atom stereocenters. The van der Waals surface area contributed by atoms with Gasteiger partial charge in [0.1, 0.15) is 5.75 Å². The molecule has 2 heteroatoms. The lowest BCUT2D eigenvalue weighted by atomic mass is 9.69. The number of hydrogen-bond acceptors (Lipinski definition) is 2. The Kier molecular flexibility index (Phi) is 2.40. The summed E-state index contributed by atoms with van der Waals surface area (Å²) >= 11 is 0. The van der Waals surface area contributed by atoms with E-state index in [-0.39, 0.29) is 0 Å². The summed E-state index contributed by atoms with van der Waals surface area (Å²) in [6.45, 7) is 2.31. The van der Waals surface area contributed by atoms with Gasteiger partial charge in [-0.25, -0.2) is 0 Å². The minimum absolute atomic E-state index is 0.405. The van der Waals surface area contributed by atoms with Crippen molar-refractivity contribution in [2.24, 2.45) is 0 Å². The Bertz CT molecular complexity index is 394. The van der Waals surface area contributed by atoms with Crippen LogP contribution in [0.1, 0.15) is 30.4 Å². The van der Waals surface area contributed by atoms with Crippen LogP contribution in [-0.4, -0.2) is 20.2 Å². The summed E-state index contributed by atoms with van der Waals surface area (Å²) in [6, 6.07) is 6.55. The van der Waals surface area contributed by atoms with E-state index in [9.17, 15) is 0 Å². The third kappa shape index (κ3) is 1.36. The lowest BCUT2D eigenvalue weighted by Gasteiger charge is -2.35. The molecule has 16 heavy (non-hydrogen) atoms. The van der Waals surface area contributed by atoms with E-state index in [0.717, 1.165) is 18.8 Å². The highest BCUT2D eigenvalue weighted by atomic mass is 16.5. The van der Waals surface area contributed by atoms with Crippen molar-refractivity contribution < 1.29 is 4.74 Å². The molecule has 1 atom stereocenters. The molecule has 1 N–H and O–H groups in total. The molecule has 1 aliphatic carbocycles. The summed E-state index contributed by atoms with van der Waals surface area (Å²) in [4.78, 5) is 0. The van der Waals surface area contributed by atoms with Gasteiger partial charge in [-0.3, -0.25) is 0 Å². The van der Waals surface area contributed by atoms with E-state index in [1.54, 1.807) is 12.7 Å². The van der Waals surface area contributed by atoms with Gasteiger partial charge in [-0.2, -0.15) is 0 Å². The Morgan fingerprint density at radius 1 is 1.31 bits per heavy atom. The van der Waals surface area contributed by atoms with E-state index >= 15 is 0 Å². The molecule has 0 amide bonds. The molecule has 0 aromatic heterocycles. The predicted octanol–water partition coefficient (Wildman–Crippen LogP) is 2.26. The molecule has 0 radical (unpaired) electrons. The van der Waals surface area contributed by atoms with Gasteiger partial charge in [0.05, 0.1) is 7.11 Å². The molecule has 1 spiro atoms. The third-order valence-electron chi connectivity index (χ3n) is 4.25. The first-order valence-electron chi connectivity index (χ1n) is 6.23. The topological polar surface area (TPSA) is 21.3 Å². The molecule has 86 valence electrons. The van der Waals surface area contributed by atoms with Gasteiger partial charge < -0.3 is 10.1 Å².